The van der Waals surface area contributed by atoms with Crippen molar-refractivity contribution in [2.24, 2.45) is 0 Å². The second-order valence-corrected chi connectivity index (χ2v) is 14.9. The SMILES string of the molecule is C=C/C=C(\C=C/CN(c1ccc(/C=C/C=C(c2ccc(C)cc2)c2ccc(C)cc2)cc1)c1ccc(CC)cc1)/C=C/C=C(c1ccc(C)cc1)c1ccc(C)cc1.CC. The van der Waals surface area contributed by atoms with Crippen LogP contribution in [0.15, 0.2) is 212 Å². The molecule has 0 amide bonds. The molecule has 0 heterocycles. The summed E-state index contributed by atoms with van der Waals surface area (Å²) in [5.74, 6) is 0. The average Bonchev–Trinajstić information content (AvgIpc) is 3.28. The van der Waals surface area contributed by atoms with E-state index in [1.807, 2.05) is 19.9 Å². The maximum Gasteiger partial charge on any atom is 0.0415 e. The number of nitrogens with zero attached hydrogens (tertiary/aromatic N) is 1. The quantitative estimate of drug-likeness (QED) is 0.0938. The first kappa shape index (κ1) is 44.4. The van der Waals surface area contributed by atoms with Crippen LogP contribution >= 0.6 is 0 Å². The number of benzene rings is 6. The molecule has 0 N–H and O–H groups in total. The predicted molar refractivity (Wildman–Crippen MR) is 265 cm³/mol. The van der Waals surface area contributed by atoms with Crippen molar-refractivity contribution >= 4 is 28.6 Å². The highest BCUT2D eigenvalue weighted by Crippen LogP contribution is 2.29. The van der Waals surface area contributed by atoms with Gasteiger partial charge in [0, 0.05) is 17.9 Å². The molecule has 0 radical (unpaired) electrons. The lowest BCUT2D eigenvalue weighted by Gasteiger charge is -2.24. The first-order valence-corrected chi connectivity index (χ1v) is 21.3. The summed E-state index contributed by atoms with van der Waals surface area (Å²) in [7, 11) is 0. The molecule has 6 rings (SSSR count). The van der Waals surface area contributed by atoms with Crippen LogP contribution in [0.25, 0.3) is 17.2 Å². The van der Waals surface area contributed by atoms with Crippen molar-refractivity contribution in [2.45, 2.75) is 54.9 Å². The lowest BCUT2D eigenvalue weighted by Crippen LogP contribution is -2.16. The van der Waals surface area contributed by atoms with E-state index in [1.54, 1.807) is 0 Å². The summed E-state index contributed by atoms with van der Waals surface area (Å²) in [6.07, 6.45) is 22.4. The lowest BCUT2D eigenvalue weighted by atomic mass is 9.96. The number of anilines is 2. The molecule has 0 aliphatic heterocycles. The zero-order valence-electron chi connectivity index (χ0n) is 36.7. The van der Waals surface area contributed by atoms with E-state index in [1.165, 1.54) is 61.2 Å². The van der Waals surface area contributed by atoms with Crippen LogP contribution in [-0.2, 0) is 6.42 Å². The van der Waals surface area contributed by atoms with Crippen molar-refractivity contribution in [3.8, 4) is 0 Å². The zero-order valence-corrected chi connectivity index (χ0v) is 36.7. The molecule has 1 nitrogen and oxygen atoms in total. The Morgan fingerprint density at radius 3 is 1.28 bits per heavy atom. The Balaban J connectivity index is 0.00000336. The van der Waals surface area contributed by atoms with Crippen molar-refractivity contribution in [2.75, 3.05) is 11.4 Å². The second kappa shape index (κ2) is 23.0. The molecular formula is C59H61N. The third-order valence-corrected chi connectivity index (χ3v) is 10.3. The molecule has 0 bridgehead atoms. The Hall–Kier alpha value is -6.70. The summed E-state index contributed by atoms with van der Waals surface area (Å²) in [6.45, 7) is 19.4. The molecule has 0 spiro atoms. The van der Waals surface area contributed by atoms with Gasteiger partial charge in [-0.2, -0.15) is 0 Å². The van der Waals surface area contributed by atoms with Gasteiger partial charge in [0.05, 0.1) is 0 Å². The van der Waals surface area contributed by atoms with Gasteiger partial charge in [-0.05, 0) is 108 Å². The molecule has 1 heteroatoms. The summed E-state index contributed by atoms with van der Waals surface area (Å²) in [5, 5.41) is 0. The van der Waals surface area contributed by atoms with E-state index < -0.39 is 0 Å². The van der Waals surface area contributed by atoms with E-state index in [4.69, 9.17) is 0 Å². The highest BCUT2D eigenvalue weighted by molar-refractivity contribution is 5.82. The molecule has 6 aromatic rings. The molecule has 6 aromatic carbocycles. The van der Waals surface area contributed by atoms with Crippen LogP contribution in [0.1, 0.15) is 76.4 Å². The van der Waals surface area contributed by atoms with E-state index in [9.17, 15) is 0 Å². The molecule has 0 saturated heterocycles. The highest BCUT2D eigenvalue weighted by Gasteiger charge is 2.09. The van der Waals surface area contributed by atoms with Gasteiger partial charge in [0.1, 0.15) is 0 Å². The van der Waals surface area contributed by atoms with Gasteiger partial charge in [-0.15, -0.1) is 0 Å². The van der Waals surface area contributed by atoms with Gasteiger partial charge in [0.15, 0.2) is 0 Å². The summed E-state index contributed by atoms with van der Waals surface area (Å²) >= 11 is 0. The van der Waals surface area contributed by atoms with Crippen LogP contribution in [0.3, 0.4) is 0 Å². The average molecular weight is 784 g/mol. The Kier molecular flexibility index (Phi) is 17.0. The molecule has 302 valence electrons. The first-order chi connectivity index (χ1) is 29.3. The monoisotopic (exact) mass is 783 g/mol. The molecular weight excluding hydrogens is 723 g/mol. The first-order valence-electron chi connectivity index (χ1n) is 21.3. The van der Waals surface area contributed by atoms with Gasteiger partial charge in [0.25, 0.3) is 0 Å². The maximum atomic E-state index is 4.01. The van der Waals surface area contributed by atoms with Gasteiger partial charge < -0.3 is 4.90 Å². The Morgan fingerprint density at radius 2 is 0.883 bits per heavy atom. The molecule has 0 unspecified atom stereocenters. The van der Waals surface area contributed by atoms with Crippen LogP contribution in [0.2, 0.25) is 0 Å². The third-order valence-electron chi connectivity index (χ3n) is 10.3. The number of hydrogen-bond donors (Lipinski definition) is 0. The molecule has 0 atom stereocenters. The second-order valence-electron chi connectivity index (χ2n) is 14.9. The van der Waals surface area contributed by atoms with E-state index in [-0.39, 0.29) is 0 Å². The largest absolute Gasteiger partial charge is 0.338 e. The minimum Gasteiger partial charge on any atom is -0.338 e. The van der Waals surface area contributed by atoms with Gasteiger partial charge in [0.2, 0.25) is 0 Å². The van der Waals surface area contributed by atoms with Gasteiger partial charge in [-0.25, -0.2) is 0 Å². The summed E-state index contributed by atoms with van der Waals surface area (Å²) < 4.78 is 0. The van der Waals surface area contributed by atoms with Crippen LogP contribution in [0, 0.1) is 27.7 Å². The molecule has 0 fully saturated rings. The number of rotatable bonds is 15. The fraction of sp³-hybridized carbons (Fsp3) is 0.153. The van der Waals surface area contributed by atoms with E-state index >= 15 is 0 Å². The maximum absolute atomic E-state index is 4.01. The van der Waals surface area contributed by atoms with Crippen LogP contribution in [0.4, 0.5) is 11.4 Å². The lowest BCUT2D eigenvalue weighted by molar-refractivity contribution is 1.08. The third kappa shape index (κ3) is 12.9. The van der Waals surface area contributed by atoms with Crippen molar-refractivity contribution < 1.29 is 0 Å². The minimum absolute atomic E-state index is 0.704. The Bertz CT molecular complexity index is 2330. The number of allylic oxidation sites excluding steroid dienone is 9. The number of hydrogen-bond acceptors (Lipinski definition) is 1. The molecule has 0 aromatic heterocycles. The fourth-order valence-corrected chi connectivity index (χ4v) is 6.80. The van der Waals surface area contributed by atoms with E-state index in [2.05, 4.69) is 246 Å². The summed E-state index contributed by atoms with van der Waals surface area (Å²) in [4.78, 5) is 2.36. The van der Waals surface area contributed by atoms with Crippen molar-refractivity contribution in [3.05, 3.63) is 268 Å². The van der Waals surface area contributed by atoms with Gasteiger partial charge in [-0.3, -0.25) is 0 Å². The highest BCUT2D eigenvalue weighted by atomic mass is 15.1. The smallest absolute Gasteiger partial charge is 0.0415 e. The van der Waals surface area contributed by atoms with Gasteiger partial charge in [-0.1, -0.05) is 232 Å². The Labute approximate surface area is 361 Å². The standard InChI is InChI=1S/C57H55N.C2H6/c1-7-12-48(13-9-16-56(50-30-18-43(3)19-31-50)51-32-20-44(4)21-33-51)15-11-42-58(54-38-26-47(8-2)27-39-54)55-40-28-49(29-41-55)14-10-17-57(52-34-22-45(5)23-35-52)53-36-24-46(6)25-37-53;1-2/h7,9-41H,1,8,42H2,2-6H3;1-2H3/b13-9+,14-10+,15-11-,48-12-;. The van der Waals surface area contributed by atoms with Crippen LogP contribution < -0.4 is 4.90 Å². The summed E-state index contributed by atoms with van der Waals surface area (Å²) in [6, 6.07) is 52.8. The fourth-order valence-electron chi connectivity index (χ4n) is 6.80. The van der Waals surface area contributed by atoms with Crippen molar-refractivity contribution in [1.29, 1.82) is 0 Å². The van der Waals surface area contributed by atoms with E-state index in [0.717, 1.165) is 28.9 Å². The summed E-state index contributed by atoms with van der Waals surface area (Å²) in [5.41, 5.74) is 18.1. The zero-order chi connectivity index (χ0) is 42.7. The van der Waals surface area contributed by atoms with E-state index in [0.29, 0.717) is 6.54 Å². The molecule has 0 saturated carbocycles. The van der Waals surface area contributed by atoms with Crippen molar-refractivity contribution in [1.82, 2.24) is 0 Å². The van der Waals surface area contributed by atoms with Crippen LogP contribution in [-0.4, -0.2) is 6.54 Å². The van der Waals surface area contributed by atoms with Gasteiger partial charge >= 0.3 is 0 Å². The minimum atomic E-state index is 0.704. The molecule has 60 heavy (non-hydrogen) atoms. The van der Waals surface area contributed by atoms with Crippen molar-refractivity contribution in [3.63, 3.8) is 0 Å². The molecule has 0 aliphatic rings. The number of aryl methyl sites for hydroxylation is 5. The topological polar surface area (TPSA) is 3.24 Å². The Morgan fingerprint density at radius 1 is 0.483 bits per heavy atom. The predicted octanol–water partition coefficient (Wildman–Crippen LogP) is 16.1. The van der Waals surface area contributed by atoms with Crippen LogP contribution in [0.5, 0.6) is 0 Å². The molecule has 0 aliphatic carbocycles. The normalized spacial score (nSPS) is 11.3.